The first kappa shape index (κ1) is 15.1. The maximum Gasteiger partial charge on any atom is 0.251 e. The van der Waals surface area contributed by atoms with Crippen molar-refractivity contribution in [2.75, 3.05) is 0 Å². The highest BCUT2D eigenvalue weighted by Gasteiger charge is 2.12. The monoisotopic (exact) mass is 362 g/mol. The molecule has 8 heteroatoms. The number of nitrogens with one attached hydrogen (secondary N) is 1. The molecule has 2 aromatic rings. The van der Waals surface area contributed by atoms with Crippen molar-refractivity contribution >= 4 is 33.8 Å². The number of aromatic amines is 1. The number of H-pyrrole nitrogens is 1. The molecule has 0 aliphatic rings. The Morgan fingerprint density at radius 1 is 1.48 bits per heavy atom. The van der Waals surface area contributed by atoms with Crippen LogP contribution in [0.2, 0.25) is 0 Å². The van der Waals surface area contributed by atoms with Gasteiger partial charge in [-0.25, -0.2) is 4.98 Å². The second-order valence-electron chi connectivity index (χ2n) is 3.86. The summed E-state index contributed by atoms with van der Waals surface area (Å²) < 4.78 is 6.14. The van der Waals surface area contributed by atoms with Crippen LogP contribution in [-0.2, 0) is 0 Å². The first-order valence-corrected chi connectivity index (χ1v) is 7.20. The van der Waals surface area contributed by atoms with Gasteiger partial charge in [0.15, 0.2) is 10.2 Å². The minimum absolute atomic E-state index is 0.0603. The molecule has 0 bridgehead atoms. The molecule has 2 aromatic heterocycles. The lowest BCUT2D eigenvalue weighted by atomic mass is 10.3. The summed E-state index contributed by atoms with van der Waals surface area (Å²) in [6.07, 6.45) is 1.33. The third-order valence-electron chi connectivity index (χ3n) is 2.24. The summed E-state index contributed by atoms with van der Waals surface area (Å²) in [5.74, 6) is 0.359. The first-order valence-electron chi connectivity index (χ1n) is 5.59. The van der Waals surface area contributed by atoms with Crippen molar-refractivity contribution < 1.29 is 4.42 Å². The highest BCUT2D eigenvalue weighted by molar-refractivity contribution is 9.10. The molecule has 6 nitrogen and oxygen atoms in total. The highest BCUT2D eigenvalue weighted by Crippen LogP contribution is 2.34. The van der Waals surface area contributed by atoms with Crippen molar-refractivity contribution in [3.05, 3.63) is 44.0 Å². The molecule has 0 aliphatic carbocycles. The minimum atomic E-state index is -0.246. The van der Waals surface area contributed by atoms with E-state index < -0.39 is 0 Å². The van der Waals surface area contributed by atoms with Gasteiger partial charge >= 0.3 is 0 Å². The molecule has 104 valence electrons. The van der Waals surface area contributed by atoms with Crippen molar-refractivity contribution in [2.45, 2.75) is 17.2 Å². The molecule has 21 heavy (non-hydrogen) atoms. The summed E-state index contributed by atoms with van der Waals surface area (Å²) in [5, 5.41) is 18.3. The van der Waals surface area contributed by atoms with E-state index >= 15 is 0 Å². The number of halogens is 1. The van der Waals surface area contributed by atoms with Crippen LogP contribution >= 0.6 is 27.7 Å². The predicted octanol–water partition coefficient (Wildman–Crippen LogP) is 3.02. The average Bonchev–Trinajstić information content (AvgIpc) is 2.75. The number of nitrogens with zero attached hydrogens (tertiary/aromatic N) is 3. The molecule has 0 saturated heterocycles. The molecule has 0 atom stereocenters. The molecular formula is C13H7BrN4O2S. The summed E-state index contributed by atoms with van der Waals surface area (Å²) in [5.41, 5.74) is 0.291. The second kappa shape index (κ2) is 6.44. The largest absolute Gasteiger partial charge is 0.449 e. The van der Waals surface area contributed by atoms with E-state index in [4.69, 9.17) is 14.9 Å². The fourth-order valence-corrected chi connectivity index (χ4v) is 2.79. The van der Waals surface area contributed by atoms with Crippen LogP contribution in [0.5, 0.6) is 0 Å². The van der Waals surface area contributed by atoms with E-state index in [1.165, 1.54) is 12.1 Å². The number of aromatic nitrogens is 2. The van der Waals surface area contributed by atoms with Crippen molar-refractivity contribution in [3.8, 4) is 12.1 Å². The highest BCUT2D eigenvalue weighted by atomic mass is 79.9. The second-order valence-corrected chi connectivity index (χ2v) is 5.68. The summed E-state index contributed by atoms with van der Waals surface area (Å²) in [7, 11) is 0. The van der Waals surface area contributed by atoms with E-state index in [1.807, 2.05) is 0 Å². The minimum Gasteiger partial charge on any atom is -0.449 e. The van der Waals surface area contributed by atoms with Gasteiger partial charge in [-0.1, -0.05) is 0 Å². The SMILES string of the molecule is Cc1cc(=O)[nH]c(Sc2oc(C=C(C#N)C#N)cc2Br)n1. The van der Waals surface area contributed by atoms with Gasteiger partial charge in [0, 0.05) is 17.8 Å². The maximum absolute atomic E-state index is 11.4. The van der Waals surface area contributed by atoms with Crippen LogP contribution in [0.1, 0.15) is 11.5 Å². The lowest BCUT2D eigenvalue weighted by Gasteiger charge is -1.98. The van der Waals surface area contributed by atoms with Crippen molar-refractivity contribution in [1.82, 2.24) is 9.97 Å². The van der Waals surface area contributed by atoms with Gasteiger partial charge in [-0.05, 0) is 40.7 Å². The fourth-order valence-electron chi connectivity index (χ4n) is 1.43. The number of rotatable bonds is 3. The quantitative estimate of drug-likeness (QED) is 0.664. The summed E-state index contributed by atoms with van der Waals surface area (Å²) in [6, 6.07) is 6.52. The van der Waals surface area contributed by atoms with Gasteiger partial charge in [0.2, 0.25) is 0 Å². The zero-order valence-corrected chi connectivity index (χ0v) is 13.1. The number of nitriles is 2. The number of furan rings is 1. The van der Waals surface area contributed by atoms with Crippen LogP contribution in [0.15, 0.2) is 41.6 Å². The van der Waals surface area contributed by atoms with Gasteiger partial charge in [-0.3, -0.25) is 4.79 Å². The van der Waals surface area contributed by atoms with Crippen molar-refractivity contribution in [3.63, 3.8) is 0 Å². The van der Waals surface area contributed by atoms with Crippen molar-refractivity contribution in [1.29, 1.82) is 10.5 Å². The Labute approximate surface area is 132 Å². The number of hydrogen-bond acceptors (Lipinski definition) is 6. The molecule has 0 amide bonds. The van der Waals surface area contributed by atoms with Crippen LogP contribution in [0, 0.1) is 29.6 Å². The molecule has 0 fully saturated rings. The average molecular weight is 363 g/mol. The van der Waals surface area contributed by atoms with E-state index in [1.54, 1.807) is 25.1 Å². The van der Waals surface area contributed by atoms with Crippen molar-refractivity contribution in [2.24, 2.45) is 0 Å². The summed E-state index contributed by atoms with van der Waals surface area (Å²) in [4.78, 5) is 18.2. The standard InChI is InChI=1S/C13H7BrN4O2S/c1-7-2-11(19)18-13(17-7)21-12-10(14)4-9(20-12)3-8(5-15)6-16/h2-4H,1H3,(H,17,18,19). The van der Waals surface area contributed by atoms with E-state index in [0.29, 0.717) is 26.2 Å². The van der Waals surface area contributed by atoms with Gasteiger partial charge in [0.25, 0.3) is 5.56 Å². The molecular weight excluding hydrogens is 356 g/mol. The lowest BCUT2D eigenvalue weighted by Crippen LogP contribution is -2.07. The van der Waals surface area contributed by atoms with Gasteiger partial charge < -0.3 is 9.40 Å². The maximum atomic E-state index is 11.4. The van der Waals surface area contributed by atoms with Crippen LogP contribution < -0.4 is 5.56 Å². The van der Waals surface area contributed by atoms with E-state index in [-0.39, 0.29) is 11.1 Å². The number of allylic oxidation sites excluding steroid dienone is 1. The zero-order chi connectivity index (χ0) is 15.4. The Bertz CT molecular complexity index is 838. The van der Waals surface area contributed by atoms with Gasteiger partial charge in [-0.15, -0.1) is 0 Å². The third-order valence-corrected chi connectivity index (χ3v) is 3.97. The zero-order valence-electron chi connectivity index (χ0n) is 10.7. The molecule has 0 saturated carbocycles. The van der Waals surface area contributed by atoms with E-state index in [0.717, 1.165) is 11.8 Å². The van der Waals surface area contributed by atoms with E-state index in [9.17, 15) is 4.79 Å². The molecule has 0 spiro atoms. The Hall–Kier alpha value is -2.29. The number of hydrogen-bond donors (Lipinski definition) is 1. The summed E-state index contributed by atoms with van der Waals surface area (Å²) in [6.45, 7) is 1.72. The molecule has 0 aromatic carbocycles. The molecule has 0 aliphatic heterocycles. The van der Waals surface area contributed by atoms with Gasteiger partial charge in [0.1, 0.15) is 23.5 Å². The first-order chi connectivity index (χ1) is 10.0. The van der Waals surface area contributed by atoms with Crippen LogP contribution in [0.4, 0.5) is 0 Å². The molecule has 0 radical (unpaired) electrons. The normalized spacial score (nSPS) is 9.71. The Morgan fingerprint density at radius 3 is 2.81 bits per heavy atom. The molecule has 2 heterocycles. The van der Waals surface area contributed by atoms with Gasteiger partial charge in [-0.2, -0.15) is 10.5 Å². The third kappa shape index (κ3) is 3.85. The van der Waals surface area contributed by atoms with Gasteiger partial charge in [0.05, 0.1) is 4.47 Å². The smallest absolute Gasteiger partial charge is 0.251 e. The molecule has 1 N–H and O–H groups in total. The molecule has 2 rings (SSSR count). The van der Waals surface area contributed by atoms with Crippen LogP contribution in [-0.4, -0.2) is 9.97 Å². The topological polar surface area (TPSA) is 106 Å². The van der Waals surface area contributed by atoms with Crippen LogP contribution in [0.3, 0.4) is 0 Å². The number of aryl methyl sites for hydroxylation is 1. The van der Waals surface area contributed by atoms with Crippen LogP contribution in [0.25, 0.3) is 6.08 Å². The Kier molecular flexibility index (Phi) is 4.63. The lowest BCUT2D eigenvalue weighted by molar-refractivity contribution is 0.463. The fraction of sp³-hybridized carbons (Fsp3) is 0.0769. The summed E-state index contributed by atoms with van der Waals surface area (Å²) >= 11 is 4.45. The molecule has 0 unspecified atom stereocenters. The Balaban J connectivity index is 2.32. The van der Waals surface area contributed by atoms with E-state index in [2.05, 4.69) is 25.9 Å². The predicted molar refractivity (Wildman–Crippen MR) is 79.3 cm³/mol. The Morgan fingerprint density at radius 2 is 2.19 bits per heavy atom.